The number of carboxylic acid groups (broad SMARTS) is 2. The summed E-state index contributed by atoms with van der Waals surface area (Å²) in [5.74, 6) is 0.500. The van der Waals surface area contributed by atoms with Gasteiger partial charge in [-0.15, -0.1) is 0 Å². The van der Waals surface area contributed by atoms with Crippen LogP contribution in [-0.4, -0.2) is 48.8 Å². The molecule has 0 fully saturated rings. The monoisotopic (exact) mass is 578 g/mol. The molecule has 4 aromatic rings. The summed E-state index contributed by atoms with van der Waals surface area (Å²) >= 11 is 2.54. The Kier molecular flexibility index (Phi) is 7.10. The van der Waals surface area contributed by atoms with Gasteiger partial charge in [-0.05, 0) is 72.4 Å². The molecule has 0 saturated heterocycles. The summed E-state index contributed by atoms with van der Waals surface area (Å²) in [4.78, 5) is 25.3. The van der Waals surface area contributed by atoms with Crippen LogP contribution in [0.1, 0.15) is 0 Å². The Labute approximate surface area is 237 Å². The van der Waals surface area contributed by atoms with Gasteiger partial charge in [-0.1, -0.05) is 24.3 Å². The van der Waals surface area contributed by atoms with Crippen molar-refractivity contribution in [3.8, 4) is 23.0 Å². The SMILES string of the molecule is O=C(O)CN(Sc1ccc2c(c1)OCO2)c1ccc(N(CC(=O)O)Sc2ccc3c(c2)OCO3)c2ccccc12. The summed E-state index contributed by atoms with van der Waals surface area (Å²) in [6.45, 7) is -0.252. The molecule has 40 heavy (non-hydrogen) atoms. The standard InChI is InChI=1S/C28H22N2O8S2/c31-27(32)13-29(39-17-5-9-23-25(11-17)37-15-35-23)21-7-8-22(20-4-2-1-3-19(20)21)30(14-28(33)34)40-18-6-10-24-26(12-18)38-16-36-24/h1-12H,13-16H2,(H,31,32)(H,33,34). The molecule has 2 aliphatic rings. The van der Waals surface area contributed by atoms with Crippen LogP contribution in [0.4, 0.5) is 11.4 Å². The van der Waals surface area contributed by atoms with Crippen LogP contribution in [0.5, 0.6) is 23.0 Å². The number of carbonyl (C=O) groups is 2. The lowest BCUT2D eigenvalue weighted by molar-refractivity contribution is -0.136. The predicted octanol–water partition coefficient (Wildman–Crippen LogP) is 5.49. The fraction of sp³-hybridized carbons (Fsp3) is 0.143. The molecule has 12 heteroatoms. The molecule has 0 amide bonds. The van der Waals surface area contributed by atoms with E-state index < -0.39 is 11.9 Å². The Morgan fingerprint density at radius 3 is 1.48 bits per heavy atom. The third-order valence-electron chi connectivity index (χ3n) is 6.09. The number of anilines is 2. The van der Waals surface area contributed by atoms with E-state index in [2.05, 4.69) is 0 Å². The van der Waals surface area contributed by atoms with E-state index >= 15 is 0 Å². The topological polar surface area (TPSA) is 118 Å². The van der Waals surface area contributed by atoms with Gasteiger partial charge in [0.25, 0.3) is 0 Å². The maximum atomic E-state index is 11.9. The van der Waals surface area contributed by atoms with Gasteiger partial charge in [-0.25, -0.2) is 0 Å². The maximum Gasteiger partial charge on any atom is 0.324 e. The van der Waals surface area contributed by atoms with Gasteiger partial charge in [0.05, 0.1) is 11.4 Å². The molecule has 6 rings (SSSR count). The number of hydrogen-bond donors (Lipinski definition) is 2. The molecule has 0 unspecified atom stereocenters. The number of carboxylic acids is 2. The van der Waals surface area contributed by atoms with Crippen molar-refractivity contribution in [1.29, 1.82) is 0 Å². The van der Waals surface area contributed by atoms with Crippen LogP contribution in [0.3, 0.4) is 0 Å². The number of fused-ring (bicyclic) bond motifs is 3. The van der Waals surface area contributed by atoms with E-state index in [0.29, 0.717) is 34.4 Å². The van der Waals surface area contributed by atoms with Gasteiger partial charge in [-0.2, -0.15) is 0 Å². The van der Waals surface area contributed by atoms with E-state index in [1.807, 2.05) is 60.7 Å². The normalized spacial score (nSPS) is 12.9. The van der Waals surface area contributed by atoms with Crippen molar-refractivity contribution in [2.75, 3.05) is 35.3 Å². The van der Waals surface area contributed by atoms with E-state index in [9.17, 15) is 19.8 Å². The second kappa shape index (κ2) is 11.0. The van der Waals surface area contributed by atoms with Gasteiger partial charge in [-0.3, -0.25) is 9.59 Å². The number of hydrogen-bond acceptors (Lipinski definition) is 10. The van der Waals surface area contributed by atoms with Crippen LogP contribution in [0.25, 0.3) is 10.8 Å². The summed E-state index contributed by atoms with van der Waals surface area (Å²) in [7, 11) is 0. The molecule has 2 aliphatic heterocycles. The first-order chi connectivity index (χ1) is 19.4. The highest BCUT2D eigenvalue weighted by atomic mass is 32.2. The molecule has 10 nitrogen and oxygen atoms in total. The third kappa shape index (κ3) is 5.36. The van der Waals surface area contributed by atoms with Crippen molar-refractivity contribution in [1.82, 2.24) is 0 Å². The second-order valence-corrected chi connectivity index (χ2v) is 10.9. The molecule has 0 atom stereocenters. The van der Waals surface area contributed by atoms with Gasteiger partial charge in [0, 0.05) is 20.6 Å². The zero-order chi connectivity index (χ0) is 27.6. The molecule has 4 aromatic carbocycles. The molecule has 2 heterocycles. The predicted molar refractivity (Wildman–Crippen MR) is 151 cm³/mol. The molecule has 0 bridgehead atoms. The number of aliphatic carboxylic acids is 2. The maximum absolute atomic E-state index is 11.9. The van der Waals surface area contributed by atoms with Crippen LogP contribution in [0, 0.1) is 0 Å². The molecular formula is C28H22N2O8S2. The number of rotatable bonds is 10. The van der Waals surface area contributed by atoms with Gasteiger partial charge in [0.15, 0.2) is 23.0 Å². The Bertz CT molecular complexity index is 1500. The van der Waals surface area contributed by atoms with Gasteiger partial charge in [0.2, 0.25) is 13.6 Å². The van der Waals surface area contributed by atoms with Crippen molar-refractivity contribution in [3.63, 3.8) is 0 Å². The lowest BCUT2D eigenvalue weighted by atomic mass is 10.1. The van der Waals surface area contributed by atoms with E-state index in [-0.39, 0.29) is 26.7 Å². The highest BCUT2D eigenvalue weighted by molar-refractivity contribution is 8.01. The summed E-state index contributed by atoms with van der Waals surface area (Å²) in [5, 5.41) is 21.0. The van der Waals surface area contributed by atoms with E-state index in [1.54, 1.807) is 20.7 Å². The lowest BCUT2D eigenvalue weighted by Gasteiger charge is -2.27. The Morgan fingerprint density at radius 2 is 1.05 bits per heavy atom. The molecule has 204 valence electrons. The largest absolute Gasteiger partial charge is 0.480 e. The Morgan fingerprint density at radius 1 is 0.625 bits per heavy atom. The minimum atomic E-state index is -0.993. The molecule has 0 spiro atoms. The highest BCUT2D eigenvalue weighted by Gasteiger charge is 2.23. The van der Waals surface area contributed by atoms with Crippen molar-refractivity contribution in [2.45, 2.75) is 9.79 Å². The fourth-order valence-corrected chi connectivity index (χ4v) is 6.35. The molecular weight excluding hydrogens is 556 g/mol. The van der Waals surface area contributed by atoms with Crippen LogP contribution in [0.2, 0.25) is 0 Å². The van der Waals surface area contributed by atoms with Gasteiger partial charge in [0.1, 0.15) is 13.1 Å². The first kappa shape index (κ1) is 25.8. The van der Waals surface area contributed by atoms with E-state index in [1.165, 1.54) is 23.9 Å². The third-order valence-corrected chi connectivity index (χ3v) is 8.11. The van der Waals surface area contributed by atoms with Crippen LogP contribution in [-0.2, 0) is 9.59 Å². The van der Waals surface area contributed by atoms with Crippen molar-refractivity contribution >= 4 is 58.0 Å². The second-order valence-electron chi connectivity index (χ2n) is 8.72. The van der Waals surface area contributed by atoms with Gasteiger partial charge < -0.3 is 37.8 Å². The minimum absolute atomic E-state index is 0.144. The molecule has 0 radical (unpaired) electrons. The highest BCUT2D eigenvalue weighted by Crippen LogP contribution is 2.43. The summed E-state index contributed by atoms with van der Waals surface area (Å²) in [6, 6.07) is 22.1. The van der Waals surface area contributed by atoms with Crippen LogP contribution < -0.4 is 27.6 Å². The first-order valence-electron chi connectivity index (χ1n) is 12.1. The lowest BCUT2D eigenvalue weighted by Crippen LogP contribution is -2.25. The molecule has 0 aliphatic carbocycles. The number of benzene rings is 4. The summed E-state index contributed by atoms with van der Waals surface area (Å²) in [5.41, 5.74) is 1.35. The summed E-state index contributed by atoms with van der Waals surface area (Å²) in [6.07, 6.45) is 0. The van der Waals surface area contributed by atoms with Crippen molar-refractivity contribution in [3.05, 3.63) is 72.8 Å². The fourth-order valence-electron chi connectivity index (χ4n) is 4.40. The van der Waals surface area contributed by atoms with Gasteiger partial charge >= 0.3 is 11.9 Å². The van der Waals surface area contributed by atoms with Crippen LogP contribution >= 0.6 is 23.9 Å². The van der Waals surface area contributed by atoms with E-state index in [0.717, 1.165) is 20.6 Å². The molecule has 0 aromatic heterocycles. The minimum Gasteiger partial charge on any atom is -0.480 e. The van der Waals surface area contributed by atoms with Crippen molar-refractivity contribution in [2.24, 2.45) is 0 Å². The Hall–Kier alpha value is -4.42. The zero-order valence-corrected chi connectivity index (χ0v) is 22.4. The smallest absolute Gasteiger partial charge is 0.324 e. The zero-order valence-electron chi connectivity index (χ0n) is 20.8. The average Bonchev–Trinajstić information content (AvgIpc) is 3.60. The summed E-state index contributed by atoms with van der Waals surface area (Å²) < 4.78 is 25.1. The van der Waals surface area contributed by atoms with E-state index in [4.69, 9.17) is 18.9 Å². The molecule has 0 saturated carbocycles. The average molecular weight is 579 g/mol. The number of ether oxygens (including phenoxy) is 4. The van der Waals surface area contributed by atoms with Crippen LogP contribution in [0.15, 0.2) is 82.6 Å². The Balaban J connectivity index is 1.37. The van der Waals surface area contributed by atoms with Crippen molar-refractivity contribution < 1.29 is 38.7 Å². The molecule has 2 N–H and O–H groups in total. The first-order valence-corrected chi connectivity index (χ1v) is 13.6. The number of nitrogens with zero attached hydrogens (tertiary/aromatic N) is 2. The quantitative estimate of drug-likeness (QED) is 0.232.